The number of methoxy groups -OCH3 is 2. The van der Waals surface area contributed by atoms with E-state index in [2.05, 4.69) is 15.6 Å². The molecule has 1 aromatic carbocycles. The fraction of sp³-hybridized carbons (Fsp3) is 0.541. The summed E-state index contributed by atoms with van der Waals surface area (Å²) in [5.41, 5.74) is 2.38. The highest BCUT2D eigenvalue weighted by Crippen LogP contribution is 2.46. The Morgan fingerprint density at radius 1 is 1.04 bits per heavy atom. The first-order valence-corrected chi connectivity index (χ1v) is 17.8. The third kappa shape index (κ3) is 7.48. The largest absolute Gasteiger partial charge is 0.497 e. The molecule has 16 heteroatoms. The molecule has 0 bridgehead atoms. The number of nitrogens with zero attached hydrogens (tertiary/aromatic N) is 6. The van der Waals surface area contributed by atoms with Crippen LogP contribution in [0.15, 0.2) is 43.0 Å². The van der Waals surface area contributed by atoms with Crippen LogP contribution in [0.25, 0.3) is 22.3 Å². The molecule has 0 radical (unpaired) electrons. The quantitative estimate of drug-likeness (QED) is 0.250. The maximum atomic E-state index is 14.0. The van der Waals surface area contributed by atoms with Gasteiger partial charge in [-0.3, -0.25) is 9.48 Å². The lowest BCUT2D eigenvalue weighted by molar-refractivity contribution is -0.197. The molecule has 0 unspecified atom stereocenters. The fourth-order valence-electron chi connectivity index (χ4n) is 7.17. The Bertz CT molecular complexity index is 1980. The van der Waals surface area contributed by atoms with E-state index in [0.29, 0.717) is 61.1 Å². The van der Waals surface area contributed by atoms with Crippen molar-refractivity contribution in [3.63, 3.8) is 0 Å². The zero-order valence-electron chi connectivity index (χ0n) is 31.4. The van der Waals surface area contributed by atoms with Crippen molar-refractivity contribution >= 4 is 28.9 Å². The van der Waals surface area contributed by atoms with Gasteiger partial charge in [-0.1, -0.05) is 0 Å². The predicted molar refractivity (Wildman–Crippen MR) is 193 cm³/mol. The molecule has 284 valence electrons. The van der Waals surface area contributed by atoms with Crippen molar-refractivity contribution < 1.29 is 38.0 Å². The van der Waals surface area contributed by atoms with Gasteiger partial charge in [-0.2, -0.15) is 5.10 Å². The number of ether oxygens (including phenoxy) is 6. The van der Waals surface area contributed by atoms with Crippen LogP contribution in [0, 0.1) is 0 Å². The second-order valence-electron chi connectivity index (χ2n) is 15.0. The number of fused-ring (bicyclic) bond motifs is 2. The van der Waals surface area contributed by atoms with Crippen LogP contribution < -0.4 is 20.1 Å². The van der Waals surface area contributed by atoms with Crippen LogP contribution in [-0.2, 0) is 37.3 Å². The predicted octanol–water partition coefficient (Wildman–Crippen LogP) is 4.39. The summed E-state index contributed by atoms with van der Waals surface area (Å²) >= 11 is 0. The van der Waals surface area contributed by atoms with Gasteiger partial charge in [0.1, 0.15) is 47.1 Å². The van der Waals surface area contributed by atoms with E-state index in [1.807, 2.05) is 82.9 Å². The van der Waals surface area contributed by atoms with Crippen molar-refractivity contribution in [2.45, 2.75) is 96.0 Å². The molecular weight excluding hydrogens is 684 g/mol. The second-order valence-corrected chi connectivity index (χ2v) is 15.0. The third-order valence-electron chi connectivity index (χ3n) is 9.59. The number of hydrogen-bond donors (Lipinski definition) is 2. The van der Waals surface area contributed by atoms with Crippen molar-refractivity contribution in [1.82, 2.24) is 34.5 Å². The molecule has 6 heterocycles. The number of anilines is 1. The van der Waals surface area contributed by atoms with Crippen molar-refractivity contribution in [2.24, 2.45) is 7.05 Å². The number of amides is 2. The summed E-state index contributed by atoms with van der Waals surface area (Å²) in [6, 6.07) is 7.43. The summed E-state index contributed by atoms with van der Waals surface area (Å²) in [7, 11) is 5.09. The molecular formula is C37H48N8O8. The van der Waals surface area contributed by atoms with Crippen LogP contribution in [0.5, 0.6) is 11.5 Å². The van der Waals surface area contributed by atoms with E-state index < -0.39 is 35.9 Å². The van der Waals surface area contributed by atoms with Gasteiger partial charge in [-0.25, -0.2) is 14.8 Å². The molecule has 0 spiro atoms. The Morgan fingerprint density at radius 2 is 1.79 bits per heavy atom. The highest BCUT2D eigenvalue weighted by atomic mass is 16.8. The van der Waals surface area contributed by atoms with Crippen molar-refractivity contribution in [3.8, 4) is 22.8 Å². The van der Waals surface area contributed by atoms with E-state index in [1.165, 1.54) is 6.33 Å². The van der Waals surface area contributed by atoms with Gasteiger partial charge in [0.05, 0.1) is 25.3 Å². The summed E-state index contributed by atoms with van der Waals surface area (Å²) in [4.78, 5) is 37.6. The van der Waals surface area contributed by atoms with Crippen molar-refractivity contribution in [2.75, 3.05) is 32.6 Å². The molecule has 3 fully saturated rings. The van der Waals surface area contributed by atoms with Crippen LogP contribution in [0.1, 0.15) is 59.3 Å². The number of nitrogens with one attached hydrogen (secondary N) is 2. The first kappa shape index (κ1) is 36.4. The Hall–Kier alpha value is -4.93. The highest BCUT2D eigenvalue weighted by molar-refractivity contribution is 6.00. The average Bonchev–Trinajstić information content (AvgIpc) is 3.88. The first-order chi connectivity index (χ1) is 25.2. The number of aryl methyl sites for hydroxylation is 1. The number of carbonyl (C=O) groups is 2. The molecule has 7 rings (SSSR count). The third-order valence-corrected chi connectivity index (χ3v) is 9.59. The maximum absolute atomic E-state index is 14.0. The lowest BCUT2D eigenvalue weighted by atomic mass is 10.0. The molecule has 0 aliphatic carbocycles. The minimum absolute atomic E-state index is 0.147. The Morgan fingerprint density at radius 3 is 2.47 bits per heavy atom. The molecule has 3 aliphatic heterocycles. The monoisotopic (exact) mass is 732 g/mol. The van der Waals surface area contributed by atoms with E-state index in [-0.39, 0.29) is 18.0 Å². The number of rotatable bonds is 9. The van der Waals surface area contributed by atoms with Gasteiger partial charge in [0.15, 0.2) is 18.1 Å². The van der Waals surface area contributed by atoms with Crippen LogP contribution in [0.2, 0.25) is 0 Å². The summed E-state index contributed by atoms with van der Waals surface area (Å²) < 4.78 is 39.5. The normalized spacial score (nSPS) is 22.8. The van der Waals surface area contributed by atoms with E-state index >= 15 is 0 Å². The highest BCUT2D eigenvalue weighted by Gasteiger charge is 2.58. The number of hydrogen-bond acceptors (Lipinski definition) is 12. The summed E-state index contributed by atoms with van der Waals surface area (Å²) in [5.74, 6) is 0.690. The molecule has 3 saturated heterocycles. The lowest BCUT2D eigenvalue weighted by Crippen LogP contribution is -2.51. The van der Waals surface area contributed by atoms with Crippen molar-refractivity contribution in [3.05, 3.63) is 48.5 Å². The smallest absolute Gasteiger partial charge is 0.410 e. The van der Waals surface area contributed by atoms with Gasteiger partial charge in [0.25, 0.3) is 5.91 Å². The molecule has 16 nitrogen and oxygen atoms in total. The number of likely N-dealkylation sites (tertiary alicyclic amines) is 1. The molecule has 0 saturated carbocycles. The Balaban J connectivity index is 1.16. The summed E-state index contributed by atoms with van der Waals surface area (Å²) in [5, 5.41) is 12.1. The molecule has 4 atom stereocenters. The minimum Gasteiger partial charge on any atom is -0.497 e. The van der Waals surface area contributed by atoms with Gasteiger partial charge >= 0.3 is 6.09 Å². The van der Waals surface area contributed by atoms with E-state index in [4.69, 9.17) is 38.5 Å². The Labute approximate surface area is 308 Å². The second kappa shape index (κ2) is 14.1. The lowest BCUT2D eigenvalue weighted by Gasteiger charge is -2.34. The Kier molecular flexibility index (Phi) is 9.72. The van der Waals surface area contributed by atoms with Crippen LogP contribution in [-0.4, -0.2) is 104 Å². The number of aromatic nitrogens is 5. The van der Waals surface area contributed by atoms with Gasteiger partial charge in [0.2, 0.25) is 0 Å². The molecule has 4 aromatic rings. The molecule has 3 aromatic heterocycles. The number of benzene rings is 1. The van der Waals surface area contributed by atoms with E-state index in [0.717, 1.165) is 16.5 Å². The molecule has 2 N–H and O–H groups in total. The summed E-state index contributed by atoms with van der Waals surface area (Å²) in [6.45, 7) is 10.5. The number of carbonyl (C=O) groups excluding carboxylic acids is 2. The first-order valence-electron chi connectivity index (χ1n) is 17.8. The van der Waals surface area contributed by atoms with Gasteiger partial charge in [-0.05, 0) is 65.7 Å². The fourth-order valence-corrected chi connectivity index (χ4v) is 7.17. The van der Waals surface area contributed by atoms with Gasteiger partial charge < -0.3 is 48.5 Å². The SMILES string of the molecule is COc1ccc(CNc2ncnc3c2c(-c2ccn(C)n2)cn3[C@@H]2O[C@H](C(=O)NC3CCN(C(=O)OC(C)(C)C)CC3)[C@H]3OC(C)(C)O[C@H]32)c(OC)c1. The van der Waals surface area contributed by atoms with E-state index in [1.54, 1.807) is 23.8 Å². The zero-order chi connectivity index (χ0) is 37.7. The molecule has 53 heavy (non-hydrogen) atoms. The average molecular weight is 733 g/mol. The van der Waals surface area contributed by atoms with Crippen molar-refractivity contribution in [1.29, 1.82) is 0 Å². The molecule has 2 amide bonds. The zero-order valence-corrected chi connectivity index (χ0v) is 31.4. The van der Waals surface area contributed by atoms with Gasteiger partial charge in [0, 0.05) is 62.3 Å². The summed E-state index contributed by atoms with van der Waals surface area (Å²) in [6.07, 6.45) is 3.06. The van der Waals surface area contributed by atoms with Crippen LogP contribution in [0.4, 0.5) is 10.6 Å². The minimum atomic E-state index is -0.964. The number of piperidine rings is 1. The topological polar surface area (TPSA) is 165 Å². The van der Waals surface area contributed by atoms with Gasteiger partial charge in [-0.15, -0.1) is 0 Å². The van der Waals surface area contributed by atoms with E-state index in [9.17, 15) is 9.59 Å². The van der Waals surface area contributed by atoms with Crippen LogP contribution in [0.3, 0.4) is 0 Å². The molecule has 3 aliphatic rings. The maximum Gasteiger partial charge on any atom is 0.410 e. The standard InChI is InChI=1S/C37H48N8O8/c1-36(2,3)53-35(47)44-15-11-22(12-16-44)41-33(46)29-28-30(52-37(4,5)51-28)34(50-29)45-19-24(25-13-14-43(6)42-25)27-31(39-20-40-32(27)45)38-18-21-9-10-23(48-7)17-26(21)49-8/h9-10,13-14,17,19-20,22,28-30,34H,11-12,15-16,18H2,1-8H3,(H,41,46)(H,38,39,40)/t28-,29+,30-,34-/m1/s1. The van der Waals surface area contributed by atoms with Crippen LogP contribution >= 0.6 is 0 Å².